The molecule has 2 aromatic heterocycles. The second-order valence-corrected chi connectivity index (χ2v) is 15.8. The van der Waals surface area contributed by atoms with E-state index in [0.717, 1.165) is 44.2 Å². The molecule has 0 saturated heterocycles. The lowest BCUT2D eigenvalue weighted by atomic mass is 9.95. The fraction of sp³-hybridized carbons (Fsp3) is 0. The first-order valence-electron chi connectivity index (χ1n) is 20.8. The maximum absolute atomic E-state index is 5.25. The van der Waals surface area contributed by atoms with Crippen LogP contribution in [0.25, 0.3) is 116 Å². The van der Waals surface area contributed by atoms with Gasteiger partial charge >= 0.3 is 0 Å². The smallest absolute Gasteiger partial charge is 0.0979 e. The standard InChI is InChI=1S/C58H37N3/c1-2-16-47(17-3-1)61-55-23-9-8-20-50(55)51-33-32-45(36-56(51)61)41-30-26-39(27-31-41)38-24-28-40(29-25-38)42-12-10-13-43(34-42)44-14-11-15-46(35-44)54-37-59-57-52-21-6-4-18-48(52)49-19-5-7-22-53(49)58(57)60-54/h1-37H. The average molecular weight is 776 g/mol. The van der Waals surface area contributed by atoms with Gasteiger partial charge in [-0.3, -0.25) is 4.98 Å². The van der Waals surface area contributed by atoms with E-state index < -0.39 is 0 Å². The van der Waals surface area contributed by atoms with Crippen molar-refractivity contribution in [2.45, 2.75) is 0 Å². The third-order valence-electron chi connectivity index (χ3n) is 12.2. The summed E-state index contributed by atoms with van der Waals surface area (Å²) in [4.78, 5) is 10.3. The molecule has 12 aromatic rings. The van der Waals surface area contributed by atoms with Gasteiger partial charge in [-0.05, 0) is 91.7 Å². The quantitative estimate of drug-likeness (QED) is 0.158. The summed E-state index contributed by atoms with van der Waals surface area (Å²) in [5, 5.41) is 7.17. The van der Waals surface area contributed by atoms with Gasteiger partial charge in [0.25, 0.3) is 0 Å². The molecule has 10 aromatic carbocycles. The number of hydrogen-bond donors (Lipinski definition) is 0. The van der Waals surface area contributed by atoms with E-state index in [2.05, 4.69) is 223 Å². The summed E-state index contributed by atoms with van der Waals surface area (Å²) in [5.74, 6) is 0. The maximum Gasteiger partial charge on any atom is 0.0979 e. The Morgan fingerprint density at radius 3 is 1.36 bits per heavy atom. The molecular weight excluding hydrogens is 739 g/mol. The molecule has 284 valence electrons. The molecule has 0 unspecified atom stereocenters. The lowest BCUT2D eigenvalue weighted by molar-refractivity contribution is 1.18. The van der Waals surface area contributed by atoms with Crippen LogP contribution in [0.3, 0.4) is 0 Å². The summed E-state index contributed by atoms with van der Waals surface area (Å²) in [7, 11) is 0. The summed E-state index contributed by atoms with van der Waals surface area (Å²) < 4.78 is 2.38. The van der Waals surface area contributed by atoms with E-state index in [1.54, 1.807) is 0 Å². The van der Waals surface area contributed by atoms with E-state index in [1.165, 1.54) is 71.6 Å². The van der Waals surface area contributed by atoms with E-state index in [1.807, 2.05) is 6.20 Å². The van der Waals surface area contributed by atoms with E-state index in [9.17, 15) is 0 Å². The first-order valence-corrected chi connectivity index (χ1v) is 20.8. The fourth-order valence-corrected chi connectivity index (χ4v) is 9.21. The highest BCUT2D eigenvalue weighted by Crippen LogP contribution is 2.37. The van der Waals surface area contributed by atoms with Crippen LogP contribution >= 0.6 is 0 Å². The summed E-state index contributed by atoms with van der Waals surface area (Å²) in [6.07, 6.45) is 1.92. The number of fused-ring (bicyclic) bond motifs is 9. The van der Waals surface area contributed by atoms with Crippen molar-refractivity contribution in [2.75, 3.05) is 0 Å². The molecule has 3 nitrogen and oxygen atoms in total. The van der Waals surface area contributed by atoms with Crippen LogP contribution in [0.15, 0.2) is 225 Å². The number of nitrogens with zero attached hydrogens (tertiary/aromatic N) is 3. The van der Waals surface area contributed by atoms with Crippen LogP contribution in [0.4, 0.5) is 0 Å². The van der Waals surface area contributed by atoms with Gasteiger partial charge in [0.1, 0.15) is 0 Å². The van der Waals surface area contributed by atoms with Crippen molar-refractivity contribution >= 4 is 54.4 Å². The van der Waals surface area contributed by atoms with Gasteiger partial charge in [-0.25, -0.2) is 4.98 Å². The molecule has 3 heteroatoms. The fourth-order valence-electron chi connectivity index (χ4n) is 9.21. The van der Waals surface area contributed by atoms with Crippen LogP contribution in [0.5, 0.6) is 0 Å². The van der Waals surface area contributed by atoms with Gasteiger partial charge in [-0.2, -0.15) is 0 Å². The Bertz CT molecular complexity index is 3590. The highest BCUT2D eigenvalue weighted by Gasteiger charge is 2.15. The highest BCUT2D eigenvalue weighted by molar-refractivity contribution is 6.23. The van der Waals surface area contributed by atoms with E-state index in [-0.39, 0.29) is 0 Å². The zero-order chi connectivity index (χ0) is 40.3. The van der Waals surface area contributed by atoms with Gasteiger partial charge in [-0.15, -0.1) is 0 Å². The summed E-state index contributed by atoms with van der Waals surface area (Å²) >= 11 is 0. The SMILES string of the molecule is c1ccc(-n2c3ccccc3c3ccc(-c4ccc(-c5ccc(-c6cccc(-c7cccc(-c8cnc9c%10ccccc%10c%10ccccc%10c9n8)c7)c6)cc5)cc4)cc32)cc1. The molecule has 0 bridgehead atoms. The van der Waals surface area contributed by atoms with Crippen molar-refractivity contribution in [3.8, 4) is 61.5 Å². The molecule has 0 spiro atoms. The van der Waals surface area contributed by atoms with Gasteiger partial charge in [0.05, 0.1) is 34.0 Å². The first-order chi connectivity index (χ1) is 30.2. The Hall–Kier alpha value is -8.14. The van der Waals surface area contributed by atoms with Gasteiger partial charge in [0.2, 0.25) is 0 Å². The maximum atomic E-state index is 5.25. The van der Waals surface area contributed by atoms with Crippen molar-refractivity contribution < 1.29 is 0 Å². The zero-order valence-electron chi connectivity index (χ0n) is 33.2. The molecule has 0 aliphatic heterocycles. The van der Waals surface area contributed by atoms with E-state index in [4.69, 9.17) is 9.97 Å². The minimum Gasteiger partial charge on any atom is -0.309 e. The number of para-hydroxylation sites is 2. The van der Waals surface area contributed by atoms with Crippen LogP contribution in [-0.4, -0.2) is 14.5 Å². The minimum atomic E-state index is 0.863. The molecular formula is C58H37N3. The Labute approximate surface area is 353 Å². The minimum absolute atomic E-state index is 0.863. The van der Waals surface area contributed by atoms with Crippen LogP contribution in [0.1, 0.15) is 0 Å². The topological polar surface area (TPSA) is 30.7 Å². The first kappa shape index (κ1) is 34.9. The zero-order valence-corrected chi connectivity index (χ0v) is 33.2. The average Bonchev–Trinajstić information content (AvgIpc) is 3.68. The van der Waals surface area contributed by atoms with Crippen LogP contribution in [0, 0.1) is 0 Å². The normalized spacial score (nSPS) is 11.6. The van der Waals surface area contributed by atoms with E-state index >= 15 is 0 Å². The van der Waals surface area contributed by atoms with Crippen molar-refractivity contribution in [1.29, 1.82) is 0 Å². The highest BCUT2D eigenvalue weighted by atomic mass is 15.0. The number of aromatic nitrogens is 3. The Balaban J connectivity index is 0.820. The van der Waals surface area contributed by atoms with Gasteiger partial charge in [0.15, 0.2) is 0 Å². The second-order valence-electron chi connectivity index (χ2n) is 15.8. The van der Waals surface area contributed by atoms with Crippen molar-refractivity contribution in [2.24, 2.45) is 0 Å². The molecule has 0 aliphatic carbocycles. The molecule has 0 N–H and O–H groups in total. The molecule has 0 amide bonds. The monoisotopic (exact) mass is 775 g/mol. The summed E-state index contributed by atoms with van der Waals surface area (Å²) in [5.41, 5.74) is 16.8. The Kier molecular flexibility index (Phi) is 8.17. The molecule has 0 fully saturated rings. The largest absolute Gasteiger partial charge is 0.309 e. The predicted molar refractivity (Wildman–Crippen MR) is 256 cm³/mol. The van der Waals surface area contributed by atoms with Crippen molar-refractivity contribution in [3.05, 3.63) is 225 Å². The summed E-state index contributed by atoms with van der Waals surface area (Å²) in [6.45, 7) is 0. The Morgan fingerprint density at radius 1 is 0.279 bits per heavy atom. The Morgan fingerprint density at radius 2 is 0.721 bits per heavy atom. The molecule has 0 aliphatic rings. The third-order valence-corrected chi connectivity index (χ3v) is 12.2. The molecule has 0 atom stereocenters. The van der Waals surface area contributed by atoms with Crippen LogP contribution in [-0.2, 0) is 0 Å². The molecule has 0 radical (unpaired) electrons. The van der Waals surface area contributed by atoms with Gasteiger partial charge < -0.3 is 4.57 Å². The van der Waals surface area contributed by atoms with Gasteiger partial charge in [0, 0.05) is 32.8 Å². The van der Waals surface area contributed by atoms with E-state index in [0.29, 0.717) is 0 Å². The lowest BCUT2D eigenvalue weighted by Crippen LogP contribution is -1.93. The van der Waals surface area contributed by atoms with Crippen molar-refractivity contribution in [1.82, 2.24) is 14.5 Å². The molecule has 2 heterocycles. The van der Waals surface area contributed by atoms with Crippen molar-refractivity contribution in [3.63, 3.8) is 0 Å². The third kappa shape index (κ3) is 5.98. The lowest BCUT2D eigenvalue weighted by Gasteiger charge is -2.11. The van der Waals surface area contributed by atoms with Crippen LogP contribution < -0.4 is 0 Å². The number of benzene rings is 10. The molecule has 61 heavy (non-hydrogen) atoms. The number of rotatable bonds is 6. The number of hydrogen-bond acceptors (Lipinski definition) is 2. The summed E-state index contributed by atoms with van der Waals surface area (Å²) in [6, 6.07) is 78.5. The van der Waals surface area contributed by atoms with Crippen LogP contribution in [0.2, 0.25) is 0 Å². The second kappa shape index (κ2) is 14.3. The predicted octanol–water partition coefficient (Wildman–Crippen LogP) is 15.4. The molecule has 0 saturated carbocycles. The molecule has 12 rings (SSSR count). The van der Waals surface area contributed by atoms with Gasteiger partial charge in [-0.1, -0.05) is 182 Å².